The maximum absolute atomic E-state index is 11.6. The van der Waals surface area contributed by atoms with Crippen LogP contribution in [0.1, 0.15) is 28.0 Å². The van der Waals surface area contributed by atoms with Crippen LogP contribution in [0.15, 0.2) is 6.20 Å². The molecule has 1 N–H and O–H groups in total. The van der Waals surface area contributed by atoms with Crippen LogP contribution in [0.5, 0.6) is 0 Å². The molecule has 0 aliphatic rings. The van der Waals surface area contributed by atoms with Crippen molar-refractivity contribution in [1.29, 1.82) is 0 Å². The minimum Gasteiger partial charge on any atom is -0.349 e. The van der Waals surface area contributed by atoms with Gasteiger partial charge in [0.25, 0.3) is 5.91 Å². The summed E-state index contributed by atoms with van der Waals surface area (Å²) in [6, 6.07) is 0.198. The Labute approximate surface area is 96.1 Å². The molecule has 1 heterocycles. The second kappa shape index (κ2) is 5.46. The minimum atomic E-state index is -0.0240. The molecule has 0 aromatic carbocycles. The number of nitrogens with zero attached hydrogens (tertiary/aromatic N) is 1. The number of carbonyl (C=O) groups is 1. The van der Waals surface area contributed by atoms with Crippen LogP contribution < -0.4 is 5.32 Å². The van der Waals surface area contributed by atoms with Crippen LogP contribution in [0.4, 0.5) is 0 Å². The van der Waals surface area contributed by atoms with Crippen molar-refractivity contribution >= 4 is 33.2 Å². The molecule has 0 saturated heterocycles. The van der Waals surface area contributed by atoms with Gasteiger partial charge in [-0.2, -0.15) is 0 Å². The van der Waals surface area contributed by atoms with Crippen molar-refractivity contribution in [1.82, 2.24) is 10.3 Å². The molecule has 1 aromatic heterocycles. The average molecular weight is 277 g/mol. The Morgan fingerprint density at radius 2 is 2.50 bits per heavy atom. The summed E-state index contributed by atoms with van der Waals surface area (Å²) in [5.74, 6) is -0.0240. The van der Waals surface area contributed by atoms with E-state index in [1.165, 1.54) is 11.3 Å². The topological polar surface area (TPSA) is 42.0 Å². The van der Waals surface area contributed by atoms with Crippen molar-refractivity contribution < 1.29 is 4.79 Å². The Morgan fingerprint density at radius 1 is 1.79 bits per heavy atom. The molecule has 0 bridgehead atoms. The summed E-state index contributed by atoms with van der Waals surface area (Å²) in [5, 5.41) is 4.73. The summed E-state index contributed by atoms with van der Waals surface area (Å²) < 4.78 is 0. The maximum atomic E-state index is 11.6. The Hall–Kier alpha value is -0.420. The van der Waals surface area contributed by atoms with Gasteiger partial charge in [0.1, 0.15) is 4.88 Å². The van der Waals surface area contributed by atoms with Gasteiger partial charge in [0.05, 0.1) is 11.2 Å². The van der Waals surface area contributed by atoms with Crippen LogP contribution in [-0.2, 0) is 0 Å². The van der Waals surface area contributed by atoms with Crippen LogP contribution in [0.3, 0.4) is 0 Å². The number of thiazole rings is 1. The summed E-state index contributed by atoms with van der Waals surface area (Å²) in [6.07, 6.45) is 2.56. The van der Waals surface area contributed by atoms with Crippen molar-refractivity contribution in [2.45, 2.75) is 26.3 Å². The minimum absolute atomic E-state index is 0.0240. The van der Waals surface area contributed by atoms with Crippen molar-refractivity contribution in [3.63, 3.8) is 0 Å². The van der Waals surface area contributed by atoms with Crippen molar-refractivity contribution in [3.8, 4) is 0 Å². The zero-order valence-corrected chi connectivity index (χ0v) is 10.6. The fraction of sp³-hybridized carbons (Fsp3) is 0.556. The molecule has 5 heteroatoms. The van der Waals surface area contributed by atoms with Gasteiger partial charge in [0.15, 0.2) is 0 Å². The van der Waals surface area contributed by atoms with Crippen molar-refractivity contribution in [3.05, 3.63) is 16.1 Å². The first kappa shape index (κ1) is 11.7. The lowest BCUT2D eigenvalue weighted by Crippen LogP contribution is -2.32. The molecule has 0 saturated carbocycles. The third-order valence-electron chi connectivity index (χ3n) is 1.76. The highest BCUT2D eigenvalue weighted by molar-refractivity contribution is 9.09. The number of halogens is 1. The maximum Gasteiger partial charge on any atom is 0.263 e. The highest BCUT2D eigenvalue weighted by Gasteiger charge is 2.11. The zero-order chi connectivity index (χ0) is 10.6. The van der Waals surface area contributed by atoms with Crippen molar-refractivity contribution in [2.75, 3.05) is 5.33 Å². The van der Waals surface area contributed by atoms with Gasteiger partial charge >= 0.3 is 0 Å². The van der Waals surface area contributed by atoms with Gasteiger partial charge < -0.3 is 5.32 Å². The molecular weight excluding hydrogens is 264 g/mol. The molecule has 3 nitrogen and oxygen atoms in total. The van der Waals surface area contributed by atoms with Gasteiger partial charge in [0.2, 0.25) is 0 Å². The Bertz CT molecular complexity index is 314. The van der Waals surface area contributed by atoms with Gasteiger partial charge in [0, 0.05) is 11.4 Å². The summed E-state index contributed by atoms with van der Waals surface area (Å²) in [6.45, 7) is 3.89. The smallest absolute Gasteiger partial charge is 0.263 e. The number of aromatic nitrogens is 1. The number of carbonyl (C=O) groups excluding carboxylic acids is 1. The zero-order valence-electron chi connectivity index (χ0n) is 8.21. The molecule has 0 aliphatic heterocycles. The molecule has 78 valence electrons. The van der Waals surface area contributed by atoms with Gasteiger partial charge in [-0.05, 0) is 20.3 Å². The second-order valence-corrected chi connectivity index (χ2v) is 5.12. The third kappa shape index (κ3) is 3.38. The number of nitrogens with one attached hydrogen (secondary N) is 1. The molecule has 0 fully saturated rings. The molecular formula is C9H13BrN2OS. The lowest BCUT2D eigenvalue weighted by molar-refractivity contribution is 0.0943. The van der Waals surface area contributed by atoms with Gasteiger partial charge in [-0.25, -0.2) is 4.98 Å². The predicted molar refractivity (Wildman–Crippen MR) is 62.2 cm³/mol. The summed E-state index contributed by atoms with van der Waals surface area (Å²) >= 11 is 4.76. The SMILES string of the molecule is Cc1ncc(C(=O)NC(C)CCBr)s1. The number of hydrogen-bond donors (Lipinski definition) is 1. The first-order valence-electron chi connectivity index (χ1n) is 4.42. The first-order valence-corrected chi connectivity index (χ1v) is 6.36. The second-order valence-electron chi connectivity index (χ2n) is 3.10. The number of alkyl halides is 1. The number of rotatable bonds is 4. The average Bonchev–Trinajstić information content (AvgIpc) is 2.52. The Kier molecular flexibility index (Phi) is 4.54. The van der Waals surface area contributed by atoms with E-state index < -0.39 is 0 Å². The molecule has 1 amide bonds. The van der Waals surface area contributed by atoms with E-state index in [0.717, 1.165) is 16.8 Å². The third-order valence-corrected chi connectivity index (χ3v) is 3.13. The first-order chi connectivity index (χ1) is 6.63. The lowest BCUT2D eigenvalue weighted by atomic mass is 10.2. The molecule has 0 aliphatic carbocycles. The van der Waals surface area contributed by atoms with Crippen LogP contribution in [0.2, 0.25) is 0 Å². The van der Waals surface area contributed by atoms with E-state index in [1.807, 2.05) is 13.8 Å². The van der Waals surface area contributed by atoms with E-state index in [1.54, 1.807) is 6.20 Å². The summed E-state index contributed by atoms with van der Waals surface area (Å²) in [4.78, 5) is 16.3. The molecule has 0 spiro atoms. The van der Waals surface area contributed by atoms with E-state index in [0.29, 0.717) is 4.88 Å². The largest absolute Gasteiger partial charge is 0.349 e. The lowest BCUT2D eigenvalue weighted by Gasteiger charge is -2.10. The highest BCUT2D eigenvalue weighted by atomic mass is 79.9. The fourth-order valence-electron chi connectivity index (χ4n) is 0.997. The number of aryl methyl sites for hydroxylation is 1. The fourth-order valence-corrected chi connectivity index (χ4v) is 2.36. The molecule has 0 radical (unpaired) electrons. The normalized spacial score (nSPS) is 12.5. The molecule has 1 unspecified atom stereocenters. The van der Waals surface area contributed by atoms with Crippen LogP contribution in [-0.4, -0.2) is 22.3 Å². The molecule has 1 aromatic rings. The Morgan fingerprint density at radius 3 is 3.00 bits per heavy atom. The van der Waals surface area contributed by atoms with E-state index in [2.05, 4.69) is 26.2 Å². The summed E-state index contributed by atoms with van der Waals surface area (Å²) in [5.41, 5.74) is 0. The van der Waals surface area contributed by atoms with E-state index >= 15 is 0 Å². The summed E-state index contributed by atoms with van der Waals surface area (Å²) in [7, 11) is 0. The number of amides is 1. The molecule has 1 rings (SSSR count). The van der Waals surface area contributed by atoms with Crippen molar-refractivity contribution in [2.24, 2.45) is 0 Å². The number of hydrogen-bond acceptors (Lipinski definition) is 3. The van der Waals surface area contributed by atoms with E-state index in [4.69, 9.17) is 0 Å². The monoisotopic (exact) mass is 276 g/mol. The van der Waals surface area contributed by atoms with Crippen LogP contribution >= 0.6 is 27.3 Å². The molecule has 14 heavy (non-hydrogen) atoms. The van der Waals surface area contributed by atoms with Crippen LogP contribution in [0, 0.1) is 6.92 Å². The van der Waals surface area contributed by atoms with Gasteiger partial charge in [-0.3, -0.25) is 4.79 Å². The Balaban J connectivity index is 2.50. The van der Waals surface area contributed by atoms with Gasteiger partial charge in [-0.15, -0.1) is 11.3 Å². The molecule has 1 atom stereocenters. The predicted octanol–water partition coefficient (Wildman–Crippen LogP) is 2.35. The van der Waals surface area contributed by atoms with E-state index in [9.17, 15) is 4.79 Å². The quantitative estimate of drug-likeness (QED) is 0.858. The highest BCUT2D eigenvalue weighted by Crippen LogP contribution is 2.11. The van der Waals surface area contributed by atoms with Crippen LogP contribution in [0.25, 0.3) is 0 Å². The standard InChI is InChI=1S/C9H13BrN2OS/c1-6(3-4-10)12-9(13)8-5-11-7(2)14-8/h5-6H,3-4H2,1-2H3,(H,12,13). The van der Waals surface area contributed by atoms with E-state index in [-0.39, 0.29) is 11.9 Å². The van der Waals surface area contributed by atoms with Gasteiger partial charge in [-0.1, -0.05) is 15.9 Å².